The van der Waals surface area contributed by atoms with Gasteiger partial charge in [-0.1, -0.05) is 11.6 Å². The molecule has 0 saturated carbocycles. The molecular weight excluding hydrogens is 317 g/mol. The fraction of sp³-hybridized carbons (Fsp3) is 0. The lowest BCUT2D eigenvalue weighted by molar-refractivity contribution is -0.344. The van der Waals surface area contributed by atoms with E-state index in [0.29, 0.717) is 10.7 Å². The zero-order valence-electron chi connectivity index (χ0n) is 10.6. The third-order valence-electron chi connectivity index (χ3n) is 2.90. The monoisotopic (exact) mass is 326 g/mol. The number of nitrogens with one attached hydrogen (secondary N) is 2. The van der Waals surface area contributed by atoms with Gasteiger partial charge in [0.05, 0.1) is 11.1 Å². The van der Waals surface area contributed by atoms with Crippen LogP contribution < -0.4 is 22.7 Å². The third kappa shape index (κ3) is 3.40. The Kier molecular flexibility index (Phi) is 4.60. The number of aromatic nitrogens is 1. The predicted molar refractivity (Wildman–Crippen MR) is 75.2 cm³/mol. The van der Waals surface area contributed by atoms with Crippen LogP contribution in [0.25, 0.3) is 10.9 Å². The van der Waals surface area contributed by atoms with Crippen LogP contribution in [0.15, 0.2) is 48.7 Å². The van der Waals surface area contributed by atoms with Crippen LogP contribution in [0.2, 0.25) is 5.02 Å². The first-order valence-electron chi connectivity index (χ1n) is 5.95. The normalized spacial score (nSPS) is 10.2. The van der Waals surface area contributed by atoms with Crippen molar-refractivity contribution in [1.82, 2.24) is 0 Å². The van der Waals surface area contributed by atoms with E-state index in [9.17, 15) is 8.78 Å². The van der Waals surface area contributed by atoms with Crippen molar-refractivity contribution in [3.8, 4) is 0 Å². The van der Waals surface area contributed by atoms with Crippen molar-refractivity contribution in [2.24, 2.45) is 0 Å². The SMILES string of the molecule is Fc1cc(F)cc(Nc2cc[nH+]c3cc(Cl)ccc23)c1.[Cl-]. The van der Waals surface area contributed by atoms with E-state index in [2.05, 4.69) is 10.3 Å². The molecule has 0 fully saturated rings. The van der Waals surface area contributed by atoms with Crippen molar-refractivity contribution >= 4 is 33.9 Å². The molecule has 0 unspecified atom stereocenters. The Morgan fingerprint density at radius 3 is 2.38 bits per heavy atom. The zero-order valence-corrected chi connectivity index (χ0v) is 12.1. The summed E-state index contributed by atoms with van der Waals surface area (Å²) in [7, 11) is 0. The highest BCUT2D eigenvalue weighted by molar-refractivity contribution is 6.31. The molecule has 0 bridgehead atoms. The Balaban J connectivity index is 0.00000161. The molecule has 3 rings (SSSR count). The average Bonchev–Trinajstić information content (AvgIpc) is 2.37. The van der Waals surface area contributed by atoms with E-state index in [1.54, 1.807) is 24.4 Å². The van der Waals surface area contributed by atoms with Crippen LogP contribution in [0.3, 0.4) is 0 Å². The van der Waals surface area contributed by atoms with E-state index >= 15 is 0 Å². The fourth-order valence-corrected chi connectivity index (χ4v) is 2.24. The summed E-state index contributed by atoms with van der Waals surface area (Å²) in [6, 6.07) is 10.5. The number of hydrogen-bond donors (Lipinski definition) is 1. The highest BCUT2D eigenvalue weighted by Crippen LogP contribution is 2.26. The summed E-state index contributed by atoms with van der Waals surface area (Å²) in [6.07, 6.45) is 1.73. The Morgan fingerprint density at radius 2 is 1.67 bits per heavy atom. The van der Waals surface area contributed by atoms with Gasteiger partial charge < -0.3 is 17.7 Å². The van der Waals surface area contributed by atoms with Crippen LogP contribution in [0.5, 0.6) is 0 Å². The summed E-state index contributed by atoms with van der Waals surface area (Å²) in [4.78, 5) is 3.07. The Hall–Kier alpha value is -1.91. The van der Waals surface area contributed by atoms with Crippen molar-refractivity contribution in [1.29, 1.82) is 0 Å². The van der Waals surface area contributed by atoms with Gasteiger partial charge >= 0.3 is 0 Å². The Morgan fingerprint density at radius 1 is 0.952 bits per heavy atom. The number of pyridine rings is 1. The van der Waals surface area contributed by atoms with Crippen LogP contribution in [0, 0.1) is 11.6 Å². The molecule has 1 heterocycles. The van der Waals surface area contributed by atoms with E-state index < -0.39 is 11.6 Å². The standard InChI is InChI=1S/C15H9ClF2N2.ClH/c16-9-1-2-13-14(3-4-19-15(13)5-9)20-12-7-10(17)6-11(18)8-12;/h1-8H,(H,19,20);1H. The summed E-state index contributed by atoms with van der Waals surface area (Å²) in [5.41, 5.74) is 1.92. The van der Waals surface area contributed by atoms with E-state index in [-0.39, 0.29) is 12.4 Å². The van der Waals surface area contributed by atoms with E-state index in [4.69, 9.17) is 11.6 Å². The molecular formula is C15H10Cl2F2N2. The van der Waals surface area contributed by atoms with Gasteiger partial charge in [0.2, 0.25) is 5.52 Å². The molecule has 2 N–H and O–H groups in total. The lowest BCUT2D eigenvalue weighted by Crippen LogP contribution is -3.00. The molecule has 2 nitrogen and oxygen atoms in total. The minimum Gasteiger partial charge on any atom is -1.00 e. The smallest absolute Gasteiger partial charge is 0.214 e. The first-order chi connectivity index (χ1) is 9.61. The number of rotatable bonds is 2. The second-order valence-electron chi connectivity index (χ2n) is 4.36. The molecule has 1 aromatic heterocycles. The third-order valence-corrected chi connectivity index (χ3v) is 3.14. The lowest BCUT2D eigenvalue weighted by Gasteiger charge is -2.08. The molecule has 0 amide bonds. The molecule has 2 aromatic carbocycles. The van der Waals surface area contributed by atoms with Gasteiger partial charge in [-0.3, -0.25) is 0 Å². The quantitative estimate of drug-likeness (QED) is 0.755. The van der Waals surface area contributed by atoms with Crippen molar-refractivity contribution in [3.05, 3.63) is 65.3 Å². The highest BCUT2D eigenvalue weighted by atomic mass is 35.5. The summed E-state index contributed by atoms with van der Waals surface area (Å²) in [6.45, 7) is 0. The molecule has 0 spiro atoms. The number of hydrogen-bond acceptors (Lipinski definition) is 1. The maximum Gasteiger partial charge on any atom is 0.214 e. The maximum absolute atomic E-state index is 13.2. The van der Waals surface area contributed by atoms with Crippen molar-refractivity contribution < 1.29 is 26.2 Å². The average molecular weight is 327 g/mol. The zero-order chi connectivity index (χ0) is 14.1. The molecule has 0 aliphatic rings. The molecule has 0 aliphatic heterocycles. The van der Waals surface area contributed by atoms with Crippen LogP contribution in [-0.4, -0.2) is 0 Å². The second-order valence-corrected chi connectivity index (χ2v) is 4.80. The molecule has 0 saturated heterocycles. The van der Waals surface area contributed by atoms with Crippen LogP contribution in [-0.2, 0) is 0 Å². The van der Waals surface area contributed by atoms with Gasteiger partial charge in [-0.05, 0) is 24.3 Å². The van der Waals surface area contributed by atoms with Crippen molar-refractivity contribution in [2.75, 3.05) is 5.32 Å². The van der Waals surface area contributed by atoms with Gasteiger partial charge in [-0.25, -0.2) is 13.8 Å². The van der Waals surface area contributed by atoms with Crippen molar-refractivity contribution in [2.45, 2.75) is 0 Å². The molecule has 0 atom stereocenters. The Labute approximate surface area is 131 Å². The minimum absolute atomic E-state index is 0. The number of aromatic amines is 1. The molecule has 0 radical (unpaired) electrons. The maximum atomic E-state index is 13.2. The number of halogens is 4. The van der Waals surface area contributed by atoms with Crippen LogP contribution in [0.1, 0.15) is 0 Å². The van der Waals surface area contributed by atoms with Gasteiger partial charge in [-0.15, -0.1) is 0 Å². The first kappa shape index (κ1) is 15.5. The fourth-order valence-electron chi connectivity index (χ4n) is 2.07. The first-order valence-corrected chi connectivity index (χ1v) is 6.33. The molecule has 21 heavy (non-hydrogen) atoms. The summed E-state index contributed by atoms with van der Waals surface area (Å²) < 4.78 is 26.4. The number of anilines is 2. The number of benzene rings is 2. The van der Waals surface area contributed by atoms with Gasteiger partial charge in [0, 0.05) is 28.9 Å². The molecule has 6 heteroatoms. The summed E-state index contributed by atoms with van der Waals surface area (Å²) >= 11 is 5.93. The van der Waals surface area contributed by atoms with Crippen LogP contribution >= 0.6 is 11.6 Å². The largest absolute Gasteiger partial charge is 1.00 e. The second kappa shape index (κ2) is 6.24. The summed E-state index contributed by atoms with van der Waals surface area (Å²) in [5, 5.41) is 4.50. The lowest BCUT2D eigenvalue weighted by atomic mass is 10.2. The van der Waals surface area contributed by atoms with Gasteiger partial charge in [0.1, 0.15) is 11.6 Å². The molecule has 3 aromatic rings. The van der Waals surface area contributed by atoms with Gasteiger partial charge in [0.25, 0.3) is 0 Å². The summed E-state index contributed by atoms with van der Waals surface area (Å²) in [5.74, 6) is -1.25. The van der Waals surface area contributed by atoms with Crippen molar-refractivity contribution in [3.63, 3.8) is 0 Å². The van der Waals surface area contributed by atoms with Crippen LogP contribution in [0.4, 0.5) is 20.2 Å². The molecule has 108 valence electrons. The van der Waals surface area contributed by atoms with E-state index in [0.717, 1.165) is 22.7 Å². The Bertz CT molecular complexity index is 773. The highest BCUT2D eigenvalue weighted by Gasteiger charge is 2.08. The number of fused-ring (bicyclic) bond motifs is 1. The van der Waals surface area contributed by atoms with Gasteiger partial charge in [-0.2, -0.15) is 0 Å². The predicted octanol–water partition coefficient (Wildman–Crippen LogP) is 1.33. The van der Waals surface area contributed by atoms with E-state index in [1.165, 1.54) is 12.1 Å². The topological polar surface area (TPSA) is 26.2 Å². The van der Waals surface area contributed by atoms with E-state index in [1.807, 2.05) is 6.07 Å². The van der Waals surface area contributed by atoms with Gasteiger partial charge in [0.15, 0.2) is 6.20 Å². The number of H-pyrrole nitrogens is 1. The molecule has 0 aliphatic carbocycles. The minimum atomic E-state index is -0.623.